The summed E-state index contributed by atoms with van der Waals surface area (Å²) >= 11 is 0. The molecular formula is C43H69N4O11+. The number of carboxylic acid groups (broad SMARTS) is 1. The highest BCUT2D eigenvalue weighted by Crippen LogP contribution is 2.46. The van der Waals surface area contributed by atoms with Crippen LogP contribution in [0.1, 0.15) is 96.3 Å². The van der Waals surface area contributed by atoms with E-state index in [1.807, 2.05) is 19.3 Å². The second kappa shape index (κ2) is 20.9. The fourth-order valence-corrected chi connectivity index (χ4v) is 10.7. The molecule has 0 radical (unpaired) electrons. The zero-order chi connectivity index (χ0) is 41.4. The summed E-state index contributed by atoms with van der Waals surface area (Å²) in [6, 6.07) is 0. The molecule has 0 bridgehead atoms. The molecule has 3 heterocycles. The maximum atomic E-state index is 12.7. The Morgan fingerprint density at radius 3 is 2.45 bits per heavy atom. The fourth-order valence-electron chi connectivity index (χ4n) is 10.7. The van der Waals surface area contributed by atoms with Crippen molar-refractivity contribution in [3.63, 3.8) is 0 Å². The third-order valence-electron chi connectivity index (χ3n) is 14.1. The number of nitrogens with two attached hydrogens (primary N) is 1. The Bertz CT molecular complexity index is 1430. The van der Waals surface area contributed by atoms with Crippen LogP contribution < -0.4 is 16.4 Å². The van der Waals surface area contributed by atoms with Gasteiger partial charge in [0.1, 0.15) is 30.4 Å². The molecule has 326 valence electrons. The maximum absolute atomic E-state index is 12.7. The van der Waals surface area contributed by atoms with E-state index in [2.05, 4.69) is 27.8 Å². The molecule has 0 aromatic carbocycles. The Kier molecular flexibility index (Phi) is 16.2. The average Bonchev–Trinajstić information content (AvgIpc) is 3.73. The molecule has 3 aliphatic carbocycles. The lowest BCUT2D eigenvalue weighted by Gasteiger charge is -2.52. The molecule has 3 saturated carbocycles. The lowest BCUT2D eigenvalue weighted by molar-refractivity contribution is -0.346. The molecule has 6 rings (SSSR count). The number of aliphatic hydroxyl groups is 5. The molecule has 58 heavy (non-hydrogen) atoms. The Balaban J connectivity index is 1.15. The number of hydrogen-bond acceptors (Lipinski definition) is 13. The topological polar surface area (TPSA) is 246 Å². The van der Waals surface area contributed by atoms with Crippen LogP contribution in [0.25, 0.3) is 0 Å². The molecule has 10 N–H and O–H groups in total. The lowest BCUT2D eigenvalue weighted by Crippen LogP contribution is -2.71. The van der Waals surface area contributed by atoms with Gasteiger partial charge in [0.05, 0.1) is 30.5 Å². The predicted molar refractivity (Wildman–Crippen MR) is 215 cm³/mol. The van der Waals surface area contributed by atoms with Crippen molar-refractivity contribution in [1.29, 1.82) is 0 Å². The molecule has 0 aromatic heterocycles. The molecule has 13 atom stereocenters. The van der Waals surface area contributed by atoms with Gasteiger partial charge >= 0.3 is 5.97 Å². The quantitative estimate of drug-likeness (QED) is 0.0708. The largest absolute Gasteiger partial charge is 0.479 e. The van der Waals surface area contributed by atoms with Gasteiger partial charge in [-0.25, -0.2) is 4.79 Å². The zero-order valence-corrected chi connectivity index (χ0v) is 34.0. The summed E-state index contributed by atoms with van der Waals surface area (Å²) < 4.78 is 18.5. The summed E-state index contributed by atoms with van der Waals surface area (Å²) in [6.07, 6.45) is 9.89. The second-order valence-electron chi connectivity index (χ2n) is 18.0. The van der Waals surface area contributed by atoms with Crippen molar-refractivity contribution in [3.8, 4) is 0 Å². The number of hydrogen-bond donors (Lipinski definition) is 9. The van der Waals surface area contributed by atoms with Crippen molar-refractivity contribution in [2.45, 2.75) is 157 Å². The van der Waals surface area contributed by atoms with Gasteiger partial charge in [-0.05, 0) is 108 Å². The third-order valence-corrected chi connectivity index (χ3v) is 14.1. The van der Waals surface area contributed by atoms with Gasteiger partial charge in [0.25, 0.3) is 0 Å². The number of ether oxygens (including phenoxy) is 3. The molecular weight excluding hydrogens is 748 g/mol. The number of carboxylic acids is 1. The number of aliphatic imine (C=N–C) groups is 1. The van der Waals surface area contributed by atoms with Crippen LogP contribution in [-0.4, -0.2) is 136 Å². The van der Waals surface area contributed by atoms with Crippen LogP contribution in [0.2, 0.25) is 0 Å². The number of aliphatic hydroxyl groups excluding tert-OH is 4. The minimum atomic E-state index is -2.25. The summed E-state index contributed by atoms with van der Waals surface area (Å²) in [5.74, 6) is -2.06. The van der Waals surface area contributed by atoms with Gasteiger partial charge in [0.2, 0.25) is 5.91 Å². The molecule has 15 nitrogen and oxygen atoms in total. The van der Waals surface area contributed by atoms with Crippen LogP contribution in [0.5, 0.6) is 0 Å². The van der Waals surface area contributed by atoms with E-state index < -0.39 is 78.5 Å². The summed E-state index contributed by atoms with van der Waals surface area (Å²) in [5, 5.41) is 72.9. The maximum Gasteiger partial charge on any atom is 0.335 e. The number of fused-ring (bicyclic) bond motifs is 1. The average molecular weight is 818 g/mol. The molecule has 3 aliphatic heterocycles. The minimum Gasteiger partial charge on any atom is -0.479 e. The van der Waals surface area contributed by atoms with Crippen LogP contribution in [0, 0.1) is 42.1 Å². The molecule has 13 unspecified atom stereocenters. The number of nitrogens with one attached hydrogen (secondary N) is 2. The number of primary amides is 1. The van der Waals surface area contributed by atoms with Crippen LogP contribution in [0.15, 0.2) is 28.8 Å². The standard InChI is InChI=1S/C43H68N4O11/c1-45-18-17-27(9-5-8-25-6-3-2-4-7-25)29(20-26-16-19-46-22-26)23-47-24-43(55)39(51)36(50)38(41(53)54)58-42(43)56-31-14-15-32-33(21-31)57-37(40(44)52)34(35(32)49)28-10-12-30(48)13-11-28/h5,8,16,19,22,25,27-39,42,45,47-51,55H,2-4,6-7,9-15,17-18,20-21,23-24H2,1H3,(H2-,44,52,53,54)/p+1. The minimum absolute atomic E-state index is 0.0256. The van der Waals surface area contributed by atoms with Gasteiger partial charge in [-0.2, -0.15) is 0 Å². The van der Waals surface area contributed by atoms with E-state index in [0.717, 1.165) is 31.4 Å². The van der Waals surface area contributed by atoms with E-state index in [0.29, 0.717) is 51.0 Å². The Morgan fingerprint density at radius 1 is 1.02 bits per heavy atom. The Hall–Kier alpha value is -2.44. The van der Waals surface area contributed by atoms with E-state index in [9.17, 15) is 40.2 Å². The van der Waals surface area contributed by atoms with Crippen LogP contribution >= 0.6 is 0 Å². The van der Waals surface area contributed by atoms with Crippen LogP contribution in [-0.2, 0) is 23.8 Å². The smallest absolute Gasteiger partial charge is 0.335 e. The summed E-state index contributed by atoms with van der Waals surface area (Å²) in [6.45, 7) is 2.76. The Morgan fingerprint density at radius 2 is 1.78 bits per heavy atom. The SMILES string of the molecule is CNCCC(CC=CC1CCCCC1)C(CNCC1(O)C(OC2CCC3C(C2)OC(C(N)=O)C(C2CCC(O)CC2)C3O)OC(C(=O)O)C(O)C1O)CC1=C[CH+]N=C1. The number of carbonyl (C=O) groups is 2. The number of allylic oxidation sites excluding steroid dienone is 3. The van der Waals surface area contributed by atoms with E-state index in [-0.39, 0.29) is 36.6 Å². The number of aliphatic carboxylic acids is 1. The second-order valence-corrected chi connectivity index (χ2v) is 18.0. The first-order valence-corrected chi connectivity index (χ1v) is 21.9. The first kappa shape index (κ1) is 45.1. The van der Waals surface area contributed by atoms with E-state index in [4.69, 9.17) is 19.9 Å². The monoisotopic (exact) mass is 817 g/mol. The number of amides is 1. The van der Waals surface area contributed by atoms with Crippen LogP contribution in [0.4, 0.5) is 0 Å². The third kappa shape index (κ3) is 10.9. The van der Waals surface area contributed by atoms with Gasteiger partial charge in [-0.1, -0.05) is 31.4 Å². The van der Waals surface area contributed by atoms with Crippen molar-refractivity contribution in [1.82, 2.24) is 10.6 Å². The van der Waals surface area contributed by atoms with Crippen molar-refractivity contribution in [2.24, 2.45) is 46.2 Å². The van der Waals surface area contributed by atoms with Gasteiger partial charge in [0, 0.05) is 31.2 Å². The summed E-state index contributed by atoms with van der Waals surface area (Å²) in [7, 11) is 1.94. The first-order valence-electron chi connectivity index (χ1n) is 21.9. The van der Waals surface area contributed by atoms with Crippen molar-refractivity contribution in [2.75, 3.05) is 26.7 Å². The first-order chi connectivity index (χ1) is 27.9. The van der Waals surface area contributed by atoms with E-state index in [1.54, 1.807) is 6.54 Å². The number of nitrogens with zero attached hydrogens (tertiary/aromatic N) is 1. The normalized spacial score (nSPS) is 39.4. The van der Waals surface area contributed by atoms with E-state index >= 15 is 0 Å². The van der Waals surface area contributed by atoms with Gasteiger partial charge < -0.3 is 61.2 Å². The predicted octanol–water partition coefficient (Wildman–Crippen LogP) is 1.74. The lowest BCUT2D eigenvalue weighted by atomic mass is 9.66. The zero-order valence-electron chi connectivity index (χ0n) is 34.0. The van der Waals surface area contributed by atoms with Crippen molar-refractivity contribution >= 4 is 18.1 Å². The molecule has 15 heteroatoms. The van der Waals surface area contributed by atoms with Crippen molar-refractivity contribution < 1.29 is 54.4 Å². The molecule has 5 fully saturated rings. The highest BCUT2D eigenvalue weighted by Gasteiger charge is 2.59. The highest BCUT2D eigenvalue weighted by atomic mass is 16.7. The molecule has 0 spiro atoms. The molecule has 2 saturated heterocycles. The number of rotatable bonds is 18. The summed E-state index contributed by atoms with van der Waals surface area (Å²) in [5.41, 5.74) is 4.67. The molecule has 6 aliphatic rings. The molecule has 1 amide bonds. The highest BCUT2D eigenvalue weighted by molar-refractivity contribution is 5.82. The number of carbonyl (C=O) groups excluding carboxylic acids is 1. The Labute approximate surface area is 342 Å². The van der Waals surface area contributed by atoms with Crippen LogP contribution in [0.3, 0.4) is 0 Å². The van der Waals surface area contributed by atoms with E-state index in [1.165, 1.54) is 32.1 Å². The fraction of sp³-hybridized carbons (Fsp3) is 0.814. The van der Waals surface area contributed by atoms with Gasteiger partial charge in [0.15, 0.2) is 24.2 Å². The van der Waals surface area contributed by atoms with Gasteiger partial charge in [-0.15, -0.1) is 4.99 Å². The molecule has 0 aromatic rings. The van der Waals surface area contributed by atoms with Gasteiger partial charge in [-0.3, -0.25) is 4.79 Å². The summed E-state index contributed by atoms with van der Waals surface area (Å²) in [4.78, 5) is 29.2. The van der Waals surface area contributed by atoms with Crippen molar-refractivity contribution in [3.05, 3.63) is 30.3 Å².